The van der Waals surface area contributed by atoms with Crippen LogP contribution in [0.3, 0.4) is 0 Å². The smallest absolute Gasteiger partial charge is 1.00 e. The van der Waals surface area contributed by atoms with E-state index in [0.29, 0.717) is 12.1 Å². The Morgan fingerprint density at radius 3 is 1.48 bits per heavy atom. The summed E-state index contributed by atoms with van der Waals surface area (Å²) in [6.45, 7) is 2.12. The third-order valence-corrected chi connectivity index (χ3v) is 4.99. The zero-order valence-corrected chi connectivity index (χ0v) is 21.5. The molecule has 0 bridgehead atoms. The largest absolute Gasteiger partial charge is 3.00 e. The second kappa shape index (κ2) is 16.5. The summed E-state index contributed by atoms with van der Waals surface area (Å²) in [5, 5.41) is 0. The van der Waals surface area contributed by atoms with Crippen molar-refractivity contribution in [3.63, 3.8) is 0 Å². The Morgan fingerprint density at radius 2 is 1.11 bits per heavy atom. The number of rotatable bonds is 4. The number of aliphatic imine (C=N–C) groups is 2. The monoisotopic (exact) mass is 558 g/mol. The minimum absolute atomic E-state index is 0. The van der Waals surface area contributed by atoms with E-state index in [1.165, 1.54) is 69.8 Å². The minimum atomic E-state index is 0. The van der Waals surface area contributed by atoms with Gasteiger partial charge in [-0.1, -0.05) is 38.5 Å². The van der Waals surface area contributed by atoms with Crippen LogP contribution >= 0.6 is 0 Å². The SMILES string of the molecule is Cc1cc(C=NC2CCCCC2)nc(C=NC2CCCCC2)c1.[Cl-].[Cl-].[Cl-].[Nd+3]. The van der Waals surface area contributed by atoms with Crippen LogP contribution in [0.5, 0.6) is 0 Å². The van der Waals surface area contributed by atoms with Gasteiger partial charge in [-0.3, -0.25) is 9.98 Å². The molecule has 0 aromatic carbocycles. The van der Waals surface area contributed by atoms with Crippen LogP contribution in [0.4, 0.5) is 0 Å². The fourth-order valence-electron chi connectivity index (χ4n) is 3.68. The third kappa shape index (κ3) is 10.9. The summed E-state index contributed by atoms with van der Waals surface area (Å²) in [4.78, 5) is 14.2. The quantitative estimate of drug-likeness (QED) is 0.345. The molecule has 27 heavy (non-hydrogen) atoms. The topological polar surface area (TPSA) is 37.6 Å². The molecule has 1 radical (unpaired) electrons. The van der Waals surface area contributed by atoms with Gasteiger partial charge < -0.3 is 37.2 Å². The number of hydrogen-bond donors (Lipinski definition) is 0. The van der Waals surface area contributed by atoms with Crippen LogP contribution < -0.4 is 37.2 Å². The van der Waals surface area contributed by atoms with Crippen molar-refractivity contribution >= 4 is 12.4 Å². The van der Waals surface area contributed by atoms with E-state index < -0.39 is 0 Å². The summed E-state index contributed by atoms with van der Waals surface area (Å²) < 4.78 is 0. The van der Waals surface area contributed by atoms with E-state index in [0.717, 1.165) is 11.4 Å². The van der Waals surface area contributed by atoms with Gasteiger partial charge in [-0.15, -0.1) is 0 Å². The van der Waals surface area contributed by atoms with Crippen molar-refractivity contribution in [2.75, 3.05) is 0 Å². The predicted molar refractivity (Wildman–Crippen MR) is 97.9 cm³/mol. The number of aryl methyl sites for hydroxylation is 1. The molecule has 3 rings (SSSR count). The molecular formula is C20H29Cl3N3Nd. The van der Waals surface area contributed by atoms with Crippen LogP contribution in [0.15, 0.2) is 22.1 Å². The Bertz CT molecular complexity index is 523. The van der Waals surface area contributed by atoms with Crippen molar-refractivity contribution in [1.29, 1.82) is 0 Å². The van der Waals surface area contributed by atoms with Crippen LogP contribution in [0, 0.1) is 47.8 Å². The maximum atomic E-state index is 4.75. The Morgan fingerprint density at radius 1 is 0.741 bits per heavy atom. The molecule has 0 aliphatic heterocycles. The van der Waals surface area contributed by atoms with E-state index in [9.17, 15) is 0 Å². The van der Waals surface area contributed by atoms with E-state index in [-0.39, 0.29) is 78.1 Å². The molecule has 0 saturated heterocycles. The molecule has 0 unspecified atom stereocenters. The zero-order chi connectivity index (χ0) is 15.9. The molecule has 149 valence electrons. The molecule has 3 nitrogen and oxygen atoms in total. The van der Waals surface area contributed by atoms with Crippen molar-refractivity contribution in [1.82, 2.24) is 4.98 Å². The van der Waals surface area contributed by atoms with Crippen LogP contribution in [0.1, 0.15) is 81.2 Å². The molecule has 2 fully saturated rings. The molecule has 0 N–H and O–H groups in total. The second-order valence-electron chi connectivity index (χ2n) is 7.13. The van der Waals surface area contributed by atoms with Gasteiger partial charge in [0.05, 0.1) is 23.5 Å². The summed E-state index contributed by atoms with van der Waals surface area (Å²) in [7, 11) is 0. The van der Waals surface area contributed by atoms with Crippen molar-refractivity contribution in [3.8, 4) is 0 Å². The van der Waals surface area contributed by atoms with E-state index in [4.69, 9.17) is 15.0 Å². The number of nitrogens with zero attached hydrogens (tertiary/aromatic N) is 3. The third-order valence-electron chi connectivity index (χ3n) is 4.99. The Labute approximate surface area is 215 Å². The normalized spacial score (nSPS) is 18.3. The molecule has 0 atom stereocenters. The minimum Gasteiger partial charge on any atom is -1.00 e. The Hall–Kier alpha value is 0.711. The molecule has 1 aromatic rings. The van der Waals surface area contributed by atoms with Crippen molar-refractivity contribution < 1.29 is 78.1 Å². The molecule has 2 aliphatic rings. The Balaban J connectivity index is 0. The molecule has 2 saturated carbocycles. The maximum absolute atomic E-state index is 4.75. The summed E-state index contributed by atoms with van der Waals surface area (Å²) in [5.74, 6) is 0. The van der Waals surface area contributed by atoms with Crippen molar-refractivity contribution in [2.24, 2.45) is 9.98 Å². The molecule has 0 amide bonds. The van der Waals surface area contributed by atoms with Gasteiger partial charge in [0.1, 0.15) is 0 Å². The average molecular weight is 562 g/mol. The summed E-state index contributed by atoms with van der Waals surface area (Å²) in [6, 6.07) is 5.24. The van der Waals surface area contributed by atoms with Gasteiger partial charge >= 0.3 is 40.8 Å². The molecule has 0 spiro atoms. The number of halogens is 3. The maximum Gasteiger partial charge on any atom is 3.00 e. The fourth-order valence-corrected chi connectivity index (χ4v) is 3.68. The van der Waals surface area contributed by atoms with Gasteiger partial charge in [-0.05, 0) is 50.3 Å². The van der Waals surface area contributed by atoms with Gasteiger partial charge in [0, 0.05) is 12.4 Å². The van der Waals surface area contributed by atoms with Crippen LogP contribution in [-0.4, -0.2) is 29.5 Å². The summed E-state index contributed by atoms with van der Waals surface area (Å²) in [6.07, 6.45) is 16.9. The van der Waals surface area contributed by atoms with Gasteiger partial charge in [-0.2, -0.15) is 0 Å². The van der Waals surface area contributed by atoms with Gasteiger partial charge in [0.2, 0.25) is 0 Å². The van der Waals surface area contributed by atoms with E-state index in [1.54, 1.807) is 0 Å². The number of aromatic nitrogens is 1. The second-order valence-corrected chi connectivity index (χ2v) is 7.13. The zero-order valence-electron chi connectivity index (χ0n) is 16.0. The molecule has 7 heteroatoms. The van der Waals surface area contributed by atoms with Crippen molar-refractivity contribution in [2.45, 2.75) is 83.2 Å². The van der Waals surface area contributed by atoms with Crippen LogP contribution in [0.25, 0.3) is 0 Å². The van der Waals surface area contributed by atoms with Crippen LogP contribution in [0.2, 0.25) is 0 Å². The number of pyridine rings is 1. The standard InChI is InChI=1S/C20H29N3.3ClH.Nd/c1-16-12-19(14-21-17-8-4-2-5-9-17)23-20(13-16)15-22-18-10-6-3-7-11-18;;;;/h12-15,17-18H,2-11H2,1H3;3*1H;/q;;;;+3/p-3. The molecule has 1 aromatic heterocycles. The van der Waals surface area contributed by atoms with Gasteiger partial charge in [0.15, 0.2) is 0 Å². The summed E-state index contributed by atoms with van der Waals surface area (Å²) in [5.41, 5.74) is 3.18. The predicted octanol–water partition coefficient (Wildman–Crippen LogP) is -4.09. The molecular weight excluding hydrogens is 533 g/mol. The first-order chi connectivity index (χ1) is 11.3. The summed E-state index contributed by atoms with van der Waals surface area (Å²) >= 11 is 0. The van der Waals surface area contributed by atoms with E-state index >= 15 is 0 Å². The molecule has 2 aliphatic carbocycles. The van der Waals surface area contributed by atoms with Crippen molar-refractivity contribution in [3.05, 3.63) is 29.1 Å². The average Bonchev–Trinajstić information content (AvgIpc) is 2.60. The van der Waals surface area contributed by atoms with Crippen LogP contribution in [-0.2, 0) is 0 Å². The molecule has 1 heterocycles. The number of hydrogen-bond acceptors (Lipinski definition) is 3. The fraction of sp³-hybridized carbons (Fsp3) is 0.650. The van der Waals surface area contributed by atoms with E-state index in [1.807, 2.05) is 12.4 Å². The first-order valence-electron chi connectivity index (χ1n) is 9.35. The Kier molecular flexibility index (Phi) is 18.3. The van der Waals surface area contributed by atoms with Gasteiger partial charge in [0.25, 0.3) is 0 Å². The van der Waals surface area contributed by atoms with E-state index in [2.05, 4.69) is 19.1 Å². The first kappa shape index (κ1) is 29.9. The first-order valence-corrected chi connectivity index (χ1v) is 9.35. The van der Waals surface area contributed by atoms with Gasteiger partial charge in [-0.25, -0.2) is 4.98 Å².